The van der Waals surface area contributed by atoms with Gasteiger partial charge in [-0.25, -0.2) is 4.39 Å². The van der Waals surface area contributed by atoms with Crippen molar-refractivity contribution >= 4 is 43.1 Å². The molecule has 1 heterocycles. The van der Waals surface area contributed by atoms with Crippen LogP contribution in [0.1, 0.15) is 15.9 Å². The van der Waals surface area contributed by atoms with Gasteiger partial charge in [0.05, 0.1) is 4.47 Å². The molecule has 0 saturated carbocycles. The zero-order valence-corrected chi connectivity index (χ0v) is 12.8. The summed E-state index contributed by atoms with van der Waals surface area (Å²) in [4.78, 5) is 12.2. The maximum absolute atomic E-state index is 13.5. The summed E-state index contributed by atoms with van der Waals surface area (Å²) in [5, 5.41) is 3.10. The molecule has 0 saturated heterocycles. The van der Waals surface area contributed by atoms with Crippen molar-refractivity contribution in [1.29, 1.82) is 0 Å². The molecule has 0 aliphatic rings. The van der Waals surface area contributed by atoms with E-state index < -0.39 is 5.82 Å². The number of ketones is 1. The van der Waals surface area contributed by atoms with Crippen LogP contribution in [0.3, 0.4) is 0 Å². The summed E-state index contributed by atoms with van der Waals surface area (Å²) in [7, 11) is 0. The van der Waals surface area contributed by atoms with E-state index in [2.05, 4.69) is 15.9 Å². The average molecular weight is 349 g/mol. The van der Waals surface area contributed by atoms with E-state index in [9.17, 15) is 9.18 Å². The molecule has 0 aliphatic heterocycles. The van der Waals surface area contributed by atoms with Gasteiger partial charge in [0, 0.05) is 16.7 Å². The van der Waals surface area contributed by atoms with E-state index in [0.29, 0.717) is 16.5 Å². The van der Waals surface area contributed by atoms with Gasteiger partial charge in [0.2, 0.25) is 0 Å². The fourth-order valence-electron chi connectivity index (χ4n) is 2.11. The Bertz CT molecular complexity index is 794. The maximum Gasteiger partial charge on any atom is 0.167 e. The summed E-state index contributed by atoms with van der Waals surface area (Å²) in [6, 6.07) is 12.5. The van der Waals surface area contributed by atoms with Crippen LogP contribution in [0, 0.1) is 5.82 Å². The molecule has 0 aliphatic carbocycles. The first-order valence-electron chi connectivity index (χ1n) is 6.08. The summed E-state index contributed by atoms with van der Waals surface area (Å²) in [5.41, 5.74) is 1.40. The predicted molar refractivity (Wildman–Crippen MR) is 84.0 cm³/mol. The molecule has 0 atom stereocenters. The molecule has 0 N–H and O–H groups in total. The lowest BCUT2D eigenvalue weighted by Crippen LogP contribution is -2.03. The zero-order chi connectivity index (χ0) is 14.1. The van der Waals surface area contributed by atoms with E-state index in [4.69, 9.17) is 0 Å². The van der Waals surface area contributed by atoms with Crippen LogP contribution < -0.4 is 0 Å². The molecule has 20 heavy (non-hydrogen) atoms. The quantitative estimate of drug-likeness (QED) is 0.592. The second kappa shape index (κ2) is 5.46. The third-order valence-corrected chi connectivity index (χ3v) is 4.81. The first-order chi connectivity index (χ1) is 9.65. The molecular formula is C16H10BrFOS. The van der Waals surface area contributed by atoms with E-state index in [1.54, 1.807) is 23.5 Å². The average Bonchev–Trinajstić information content (AvgIpc) is 2.85. The molecule has 0 radical (unpaired) electrons. The van der Waals surface area contributed by atoms with E-state index >= 15 is 0 Å². The number of hydrogen-bond donors (Lipinski definition) is 0. The van der Waals surface area contributed by atoms with Crippen LogP contribution in [-0.2, 0) is 6.42 Å². The molecule has 1 aromatic heterocycles. The molecule has 1 nitrogen and oxygen atoms in total. The van der Waals surface area contributed by atoms with Crippen LogP contribution in [0.2, 0.25) is 0 Å². The van der Waals surface area contributed by atoms with Crippen molar-refractivity contribution in [3.63, 3.8) is 0 Å². The summed E-state index contributed by atoms with van der Waals surface area (Å²) in [6.07, 6.45) is 0.297. The molecule has 0 fully saturated rings. The maximum atomic E-state index is 13.5. The lowest BCUT2D eigenvalue weighted by molar-refractivity contribution is 0.0993. The number of thiophene rings is 1. The number of rotatable bonds is 3. The van der Waals surface area contributed by atoms with Gasteiger partial charge in [-0.2, -0.15) is 0 Å². The Kier molecular flexibility index (Phi) is 3.68. The van der Waals surface area contributed by atoms with Gasteiger partial charge in [0.1, 0.15) is 5.82 Å². The highest BCUT2D eigenvalue weighted by Crippen LogP contribution is 2.27. The lowest BCUT2D eigenvalue weighted by atomic mass is 10.0. The Hall–Kier alpha value is -1.52. The number of halogens is 2. The number of carbonyl (C=O) groups is 1. The molecule has 3 aromatic rings. The number of benzene rings is 2. The molecule has 100 valence electrons. The van der Waals surface area contributed by atoms with E-state index in [0.717, 1.165) is 15.6 Å². The fraction of sp³-hybridized carbons (Fsp3) is 0.0625. The first-order valence-corrected chi connectivity index (χ1v) is 7.76. The van der Waals surface area contributed by atoms with Crippen LogP contribution in [0.5, 0.6) is 0 Å². The summed E-state index contributed by atoms with van der Waals surface area (Å²) in [6.45, 7) is 0. The zero-order valence-electron chi connectivity index (χ0n) is 10.4. The Morgan fingerprint density at radius 1 is 1.20 bits per heavy atom. The number of fused-ring (bicyclic) bond motifs is 1. The number of hydrogen-bond acceptors (Lipinski definition) is 2. The molecule has 0 amide bonds. The van der Waals surface area contributed by atoms with E-state index in [1.165, 1.54) is 6.07 Å². The van der Waals surface area contributed by atoms with Gasteiger partial charge in [0.15, 0.2) is 5.78 Å². The van der Waals surface area contributed by atoms with Gasteiger partial charge < -0.3 is 0 Å². The Morgan fingerprint density at radius 2 is 2.00 bits per heavy atom. The smallest absolute Gasteiger partial charge is 0.167 e. The first kappa shape index (κ1) is 13.5. The van der Waals surface area contributed by atoms with Crippen LogP contribution in [0.25, 0.3) is 10.1 Å². The van der Waals surface area contributed by atoms with Crippen LogP contribution in [-0.4, -0.2) is 5.78 Å². The fourth-order valence-corrected chi connectivity index (χ4v) is 3.32. The van der Waals surface area contributed by atoms with Gasteiger partial charge in [-0.15, -0.1) is 11.3 Å². The van der Waals surface area contributed by atoms with Crippen molar-refractivity contribution in [3.8, 4) is 0 Å². The predicted octanol–water partition coefficient (Wildman–Crippen LogP) is 5.23. The SMILES string of the molecule is O=C(Cc1csc2ccccc12)c1ccc(Br)c(F)c1. The van der Waals surface area contributed by atoms with Crippen LogP contribution in [0.4, 0.5) is 4.39 Å². The topological polar surface area (TPSA) is 17.1 Å². The van der Waals surface area contributed by atoms with Crippen molar-refractivity contribution in [2.75, 3.05) is 0 Å². The van der Waals surface area contributed by atoms with Gasteiger partial charge in [0.25, 0.3) is 0 Å². The van der Waals surface area contributed by atoms with Crippen molar-refractivity contribution < 1.29 is 9.18 Å². The molecular weight excluding hydrogens is 339 g/mol. The molecule has 4 heteroatoms. The van der Waals surface area contributed by atoms with Crippen molar-refractivity contribution in [1.82, 2.24) is 0 Å². The minimum atomic E-state index is -0.411. The van der Waals surface area contributed by atoms with Crippen LogP contribution in [0.15, 0.2) is 52.3 Å². The Morgan fingerprint density at radius 3 is 2.80 bits per heavy atom. The van der Waals surface area contributed by atoms with Gasteiger partial charge in [-0.05, 0) is 50.5 Å². The monoisotopic (exact) mass is 348 g/mol. The Labute approximate surface area is 128 Å². The normalized spacial score (nSPS) is 10.9. The third kappa shape index (κ3) is 2.53. The molecule has 0 bridgehead atoms. The second-order valence-electron chi connectivity index (χ2n) is 4.49. The number of Topliss-reactive ketones (excluding diaryl/α,β-unsaturated/α-hetero) is 1. The molecule has 0 spiro atoms. The van der Waals surface area contributed by atoms with Gasteiger partial charge >= 0.3 is 0 Å². The van der Waals surface area contributed by atoms with E-state index in [-0.39, 0.29) is 5.78 Å². The van der Waals surface area contributed by atoms with Crippen molar-refractivity contribution in [2.45, 2.75) is 6.42 Å². The molecule has 2 aromatic carbocycles. The van der Waals surface area contributed by atoms with Crippen LogP contribution >= 0.6 is 27.3 Å². The largest absolute Gasteiger partial charge is 0.294 e. The summed E-state index contributed by atoms with van der Waals surface area (Å²) in [5.74, 6) is -0.481. The minimum absolute atomic E-state index is 0.0695. The highest BCUT2D eigenvalue weighted by Gasteiger charge is 2.12. The molecule has 0 unspecified atom stereocenters. The highest BCUT2D eigenvalue weighted by atomic mass is 79.9. The number of carbonyl (C=O) groups excluding carboxylic acids is 1. The summed E-state index contributed by atoms with van der Waals surface area (Å²) < 4.78 is 15.0. The lowest BCUT2D eigenvalue weighted by Gasteiger charge is -2.02. The third-order valence-electron chi connectivity index (χ3n) is 3.15. The van der Waals surface area contributed by atoms with Crippen molar-refractivity contribution in [3.05, 3.63) is 69.3 Å². The van der Waals surface area contributed by atoms with Crippen molar-refractivity contribution in [2.24, 2.45) is 0 Å². The highest BCUT2D eigenvalue weighted by molar-refractivity contribution is 9.10. The summed E-state index contributed by atoms with van der Waals surface area (Å²) >= 11 is 4.71. The second-order valence-corrected chi connectivity index (χ2v) is 6.25. The van der Waals surface area contributed by atoms with Gasteiger partial charge in [-0.1, -0.05) is 24.3 Å². The van der Waals surface area contributed by atoms with E-state index in [1.807, 2.05) is 29.6 Å². The Balaban J connectivity index is 1.90. The molecule has 3 rings (SSSR count). The minimum Gasteiger partial charge on any atom is -0.294 e. The van der Waals surface area contributed by atoms with Gasteiger partial charge in [-0.3, -0.25) is 4.79 Å². The standard InChI is InChI=1S/C16H10BrFOS/c17-13-6-5-10(7-14(13)18)15(19)8-11-9-20-16-4-2-1-3-12(11)16/h1-7,9H,8H2.